The fourth-order valence-electron chi connectivity index (χ4n) is 1.89. The maximum atomic E-state index is 12.5. The highest BCUT2D eigenvalue weighted by atomic mass is 19.4. The number of rotatable bonds is 2. The molecule has 2 aromatic carbocycles. The number of anilines is 3. The molecule has 2 rings (SSSR count). The minimum atomic E-state index is -4.47. The lowest BCUT2D eigenvalue weighted by molar-refractivity contribution is -0.137. The maximum Gasteiger partial charge on any atom is 0.416 e. The van der Waals surface area contributed by atoms with Gasteiger partial charge in [-0.25, -0.2) is 0 Å². The second-order valence-corrected chi connectivity index (χ2v) is 5.07. The van der Waals surface area contributed by atoms with Crippen LogP contribution in [0.15, 0.2) is 42.5 Å². The third-order valence-electron chi connectivity index (χ3n) is 3.13. The Hall–Kier alpha value is -3.03. The van der Waals surface area contributed by atoms with E-state index in [1.54, 1.807) is 25.1 Å². The van der Waals surface area contributed by atoms with E-state index in [0.717, 1.165) is 29.8 Å². The monoisotopic (exact) mass is 337 g/mol. The number of nitrogen functional groups attached to an aromatic ring is 1. The number of aryl methyl sites for hydroxylation is 1. The van der Waals surface area contributed by atoms with Crippen molar-refractivity contribution in [3.63, 3.8) is 0 Å². The van der Waals surface area contributed by atoms with Crippen molar-refractivity contribution >= 4 is 28.9 Å². The third kappa shape index (κ3) is 4.25. The van der Waals surface area contributed by atoms with E-state index in [-0.39, 0.29) is 17.1 Å². The van der Waals surface area contributed by atoms with Gasteiger partial charge in [0.25, 0.3) is 0 Å². The molecule has 0 aliphatic heterocycles. The first kappa shape index (κ1) is 17.3. The summed E-state index contributed by atoms with van der Waals surface area (Å²) < 4.78 is 37.4. The van der Waals surface area contributed by atoms with E-state index in [4.69, 9.17) is 5.73 Å². The minimum Gasteiger partial charge on any atom is -0.397 e. The molecule has 0 spiro atoms. The highest BCUT2D eigenvalue weighted by Crippen LogP contribution is 2.29. The van der Waals surface area contributed by atoms with Gasteiger partial charge in [-0.3, -0.25) is 9.59 Å². The van der Waals surface area contributed by atoms with Crippen molar-refractivity contribution in [2.45, 2.75) is 13.1 Å². The molecular weight excluding hydrogens is 323 g/mol. The van der Waals surface area contributed by atoms with Gasteiger partial charge in [-0.2, -0.15) is 13.2 Å². The van der Waals surface area contributed by atoms with Gasteiger partial charge in [0.15, 0.2) is 0 Å². The smallest absolute Gasteiger partial charge is 0.397 e. The fraction of sp³-hybridized carbons (Fsp3) is 0.125. The molecule has 0 saturated carbocycles. The van der Waals surface area contributed by atoms with Crippen LogP contribution in [-0.2, 0) is 15.8 Å². The van der Waals surface area contributed by atoms with Crippen LogP contribution in [0.2, 0.25) is 0 Å². The molecular formula is C16H14F3N3O2. The normalized spacial score (nSPS) is 11.0. The van der Waals surface area contributed by atoms with E-state index in [2.05, 4.69) is 10.6 Å². The number of hydrogen-bond acceptors (Lipinski definition) is 3. The molecule has 8 heteroatoms. The van der Waals surface area contributed by atoms with Gasteiger partial charge in [-0.1, -0.05) is 6.07 Å². The zero-order valence-electron chi connectivity index (χ0n) is 12.6. The predicted molar refractivity (Wildman–Crippen MR) is 84.3 cm³/mol. The Morgan fingerprint density at radius 1 is 0.958 bits per heavy atom. The number of hydrogen-bond donors (Lipinski definition) is 3. The number of nitrogens with one attached hydrogen (secondary N) is 2. The number of benzene rings is 2. The molecule has 0 atom stereocenters. The third-order valence-corrected chi connectivity index (χ3v) is 3.13. The Labute approximate surface area is 135 Å². The molecule has 0 aliphatic carbocycles. The summed E-state index contributed by atoms with van der Waals surface area (Å²) in [5.74, 6) is -2.00. The van der Waals surface area contributed by atoms with Crippen LogP contribution in [-0.4, -0.2) is 11.8 Å². The van der Waals surface area contributed by atoms with Crippen LogP contribution in [0.1, 0.15) is 11.1 Å². The van der Waals surface area contributed by atoms with Gasteiger partial charge in [0, 0.05) is 5.69 Å². The first-order valence-corrected chi connectivity index (χ1v) is 6.82. The standard InChI is InChI=1S/C16H14F3N3O2/c1-9-2-7-12(20)13(8-9)22-15(24)14(23)21-11-5-3-10(4-6-11)16(17,18)19/h2-8H,20H2,1H3,(H,21,23)(H,22,24). The average Bonchev–Trinajstić information content (AvgIpc) is 2.50. The van der Waals surface area contributed by atoms with Crippen LogP contribution in [0.3, 0.4) is 0 Å². The Morgan fingerprint density at radius 2 is 1.54 bits per heavy atom. The highest BCUT2D eigenvalue weighted by Gasteiger charge is 2.30. The molecule has 2 aromatic rings. The van der Waals surface area contributed by atoms with Gasteiger partial charge < -0.3 is 16.4 Å². The molecule has 0 unspecified atom stereocenters. The van der Waals surface area contributed by atoms with Gasteiger partial charge in [-0.05, 0) is 48.9 Å². The number of nitrogens with two attached hydrogens (primary N) is 1. The Morgan fingerprint density at radius 3 is 2.12 bits per heavy atom. The minimum absolute atomic E-state index is 0.0698. The quantitative estimate of drug-likeness (QED) is 0.581. The van der Waals surface area contributed by atoms with Crippen LogP contribution >= 0.6 is 0 Å². The largest absolute Gasteiger partial charge is 0.416 e. The van der Waals surface area contributed by atoms with Crippen molar-refractivity contribution in [1.82, 2.24) is 0 Å². The summed E-state index contributed by atoms with van der Waals surface area (Å²) >= 11 is 0. The first-order valence-electron chi connectivity index (χ1n) is 6.82. The van der Waals surface area contributed by atoms with E-state index in [1.807, 2.05) is 0 Å². The van der Waals surface area contributed by atoms with Crippen LogP contribution in [0, 0.1) is 6.92 Å². The molecule has 0 radical (unpaired) electrons. The van der Waals surface area contributed by atoms with Crippen LogP contribution < -0.4 is 16.4 Å². The molecule has 0 fully saturated rings. The summed E-state index contributed by atoms with van der Waals surface area (Å²) in [6.45, 7) is 1.79. The molecule has 2 amide bonds. The number of halogens is 3. The SMILES string of the molecule is Cc1ccc(N)c(NC(=O)C(=O)Nc2ccc(C(F)(F)F)cc2)c1. The molecule has 24 heavy (non-hydrogen) atoms. The van der Waals surface area contributed by atoms with Crippen molar-refractivity contribution in [3.8, 4) is 0 Å². The molecule has 0 aromatic heterocycles. The zero-order valence-corrected chi connectivity index (χ0v) is 12.6. The number of amides is 2. The first-order chi connectivity index (χ1) is 11.2. The summed E-state index contributed by atoms with van der Waals surface area (Å²) in [7, 11) is 0. The van der Waals surface area contributed by atoms with Crippen molar-refractivity contribution in [1.29, 1.82) is 0 Å². The summed E-state index contributed by atoms with van der Waals surface area (Å²) in [4.78, 5) is 23.7. The zero-order chi connectivity index (χ0) is 17.9. The average molecular weight is 337 g/mol. The van der Waals surface area contributed by atoms with E-state index in [9.17, 15) is 22.8 Å². The number of carbonyl (C=O) groups excluding carboxylic acids is 2. The van der Waals surface area contributed by atoms with Gasteiger partial charge in [0.2, 0.25) is 0 Å². The summed E-state index contributed by atoms with van der Waals surface area (Å²) in [6, 6.07) is 8.67. The van der Waals surface area contributed by atoms with Crippen LogP contribution in [0.25, 0.3) is 0 Å². The van der Waals surface area contributed by atoms with Crippen molar-refractivity contribution in [3.05, 3.63) is 53.6 Å². The second kappa shape index (κ2) is 6.61. The number of carbonyl (C=O) groups is 2. The molecule has 0 bridgehead atoms. The number of alkyl halides is 3. The molecule has 4 N–H and O–H groups in total. The van der Waals surface area contributed by atoms with E-state index in [0.29, 0.717) is 0 Å². The molecule has 5 nitrogen and oxygen atoms in total. The van der Waals surface area contributed by atoms with Gasteiger partial charge >= 0.3 is 18.0 Å². The lowest BCUT2D eigenvalue weighted by atomic mass is 10.2. The van der Waals surface area contributed by atoms with E-state index in [1.165, 1.54) is 0 Å². The highest BCUT2D eigenvalue weighted by molar-refractivity contribution is 6.43. The van der Waals surface area contributed by atoms with Gasteiger partial charge in [0.05, 0.1) is 16.9 Å². The van der Waals surface area contributed by atoms with E-state index < -0.39 is 23.6 Å². The molecule has 126 valence electrons. The second-order valence-electron chi connectivity index (χ2n) is 5.07. The van der Waals surface area contributed by atoms with Crippen molar-refractivity contribution in [2.24, 2.45) is 0 Å². The molecule has 0 aliphatic rings. The topological polar surface area (TPSA) is 84.2 Å². The predicted octanol–water partition coefficient (Wildman–Crippen LogP) is 3.17. The summed E-state index contributed by atoms with van der Waals surface area (Å²) in [5, 5.41) is 4.57. The molecule has 0 heterocycles. The van der Waals surface area contributed by atoms with Gasteiger partial charge in [0.1, 0.15) is 0 Å². The summed E-state index contributed by atoms with van der Waals surface area (Å²) in [6.07, 6.45) is -4.47. The lowest BCUT2D eigenvalue weighted by Crippen LogP contribution is -2.29. The van der Waals surface area contributed by atoms with Crippen molar-refractivity contribution < 1.29 is 22.8 Å². The van der Waals surface area contributed by atoms with E-state index >= 15 is 0 Å². The van der Waals surface area contributed by atoms with Crippen molar-refractivity contribution in [2.75, 3.05) is 16.4 Å². The molecule has 0 saturated heterocycles. The maximum absolute atomic E-state index is 12.5. The Balaban J connectivity index is 2.04. The summed E-state index contributed by atoms with van der Waals surface area (Å²) in [5.41, 5.74) is 6.32. The Kier molecular flexibility index (Phi) is 4.77. The lowest BCUT2D eigenvalue weighted by Gasteiger charge is -2.10. The fourth-order valence-corrected chi connectivity index (χ4v) is 1.89. The van der Waals surface area contributed by atoms with Gasteiger partial charge in [-0.15, -0.1) is 0 Å². The Bertz CT molecular complexity index is 771. The van der Waals surface area contributed by atoms with Crippen LogP contribution in [0.4, 0.5) is 30.2 Å². The van der Waals surface area contributed by atoms with Crippen LogP contribution in [0.5, 0.6) is 0 Å².